The first-order valence-electron chi connectivity index (χ1n) is 9.91. The van der Waals surface area contributed by atoms with E-state index in [0.29, 0.717) is 10.2 Å². The third kappa shape index (κ3) is 5.30. The average molecular weight is 465 g/mol. The van der Waals surface area contributed by atoms with Crippen LogP contribution >= 0.6 is 23.4 Å². The molecule has 0 spiro atoms. The molecule has 1 unspecified atom stereocenters. The lowest BCUT2D eigenvalue weighted by atomic mass is 9.99. The minimum atomic E-state index is -0.277. The Morgan fingerprint density at radius 2 is 1.72 bits per heavy atom. The van der Waals surface area contributed by atoms with Crippen molar-refractivity contribution >= 4 is 29.3 Å². The van der Waals surface area contributed by atoms with E-state index in [2.05, 4.69) is 15.5 Å². The molecule has 1 aromatic heterocycles. The molecular formula is C24H21ClN4O2S. The second-order valence-electron chi connectivity index (χ2n) is 6.93. The second kappa shape index (κ2) is 10.3. The van der Waals surface area contributed by atoms with E-state index in [1.54, 1.807) is 13.4 Å². The van der Waals surface area contributed by atoms with Gasteiger partial charge in [0.15, 0.2) is 5.16 Å². The van der Waals surface area contributed by atoms with Gasteiger partial charge >= 0.3 is 0 Å². The van der Waals surface area contributed by atoms with Crippen LogP contribution < -0.4 is 10.1 Å². The zero-order valence-corrected chi connectivity index (χ0v) is 18.9. The van der Waals surface area contributed by atoms with Crippen LogP contribution in [0.3, 0.4) is 0 Å². The van der Waals surface area contributed by atoms with Gasteiger partial charge in [0.25, 0.3) is 0 Å². The first-order chi connectivity index (χ1) is 15.6. The van der Waals surface area contributed by atoms with Crippen LogP contribution in [0.25, 0.3) is 5.69 Å². The molecule has 0 aliphatic heterocycles. The molecule has 0 saturated carbocycles. The fourth-order valence-corrected chi connectivity index (χ4v) is 4.10. The number of rotatable bonds is 8. The number of ether oxygens (including phenoxy) is 1. The Kier molecular flexibility index (Phi) is 7.09. The number of carbonyl (C=O) groups excluding carboxylic acids is 1. The van der Waals surface area contributed by atoms with E-state index in [9.17, 15) is 4.79 Å². The van der Waals surface area contributed by atoms with Crippen molar-refractivity contribution in [3.63, 3.8) is 0 Å². The smallest absolute Gasteiger partial charge is 0.231 e. The minimum Gasteiger partial charge on any atom is -0.497 e. The zero-order chi connectivity index (χ0) is 22.3. The van der Waals surface area contributed by atoms with E-state index in [-0.39, 0.29) is 17.7 Å². The maximum absolute atomic E-state index is 12.9. The molecule has 1 heterocycles. The molecule has 0 aliphatic rings. The van der Waals surface area contributed by atoms with Crippen LogP contribution in [-0.4, -0.2) is 33.5 Å². The molecule has 1 atom stereocenters. The van der Waals surface area contributed by atoms with Crippen LogP contribution in [0, 0.1) is 0 Å². The summed E-state index contributed by atoms with van der Waals surface area (Å²) in [6, 6.07) is 24.6. The molecule has 3 aromatic carbocycles. The van der Waals surface area contributed by atoms with Crippen molar-refractivity contribution in [2.75, 3.05) is 12.9 Å². The minimum absolute atomic E-state index is 0.108. The Labute approximate surface area is 195 Å². The number of hydrogen-bond acceptors (Lipinski definition) is 5. The number of carbonyl (C=O) groups is 1. The number of methoxy groups -OCH3 is 1. The Balaban J connectivity index is 1.46. The number of hydrogen-bond donors (Lipinski definition) is 1. The molecule has 0 bridgehead atoms. The molecule has 32 heavy (non-hydrogen) atoms. The summed E-state index contributed by atoms with van der Waals surface area (Å²) in [7, 11) is 1.63. The molecular weight excluding hydrogens is 444 g/mol. The average Bonchev–Trinajstić information content (AvgIpc) is 3.31. The molecule has 1 N–H and O–H groups in total. The normalized spacial score (nSPS) is 11.7. The van der Waals surface area contributed by atoms with E-state index in [4.69, 9.17) is 16.3 Å². The molecule has 0 saturated heterocycles. The number of benzene rings is 3. The van der Waals surface area contributed by atoms with Gasteiger partial charge in [0.1, 0.15) is 12.1 Å². The lowest BCUT2D eigenvalue weighted by Crippen LogP contribution is -2.30. The van der Waals surface area contributed by atoms with E-state index >= 15 is 0 Å². The van der Waals surface area contributed by atoms with Crippen LogP contribution in [-0.2, 0) is 4.79 Å². The standard InChI is InChI=1S/C24H21ClN4O2S/c1-31-21-13-11-20(12-14-21)29-16-26-28-24(29)32-15-22(30)27-23(17-5-3-2-4-6-17)18-7-9-19(25)10-8-18/h2-14,16,23H,15H2,1H3,(H,27,30). The lowest BCUT2D eigenvalue weighted by molar-refractivity contribution is -0.119. The van der Waals surface area contributed by atoms with Gasteiger partial charge in [0.05, 0.1) is 18.9 Å². The van der Waals surface area contributed by atoms with E-state index in [1.165, 1.54) is 11.8 Å². The highest BCUT2D eigenvalue weighted by Gasteiger charge is 2.18. The Bertz CT molecular complexity index is 1160. The maximum atomic E-state index is 12.9. The van der Waals surface area contributed by atoms with Gasteiger partial charge in [0, 0.05) is 10.7 Å². The van der Waals surface area contributed by atoms with Crippen LogP contribution in [0.15, 0.2) is 90.3 Å². The summed E-state index contributed by atoms with van der Waals surface area (Å²) in [6.07, 6.45) is 1.63. The summed E-state index contributed by atoms with van der Waals surface area (Å²) < 4.78 is 7.04. The van der Waals surface area contributed by atoms with Gasteiger partial charge in [-0.15, -0.1) is 10.2 Å². The van der Waals surface area contributed by atoms with Gasteiger partial charge in [-0.1, -0.05) is 65.8 Å². The molecule has 8 heteroatoms. The molecule has 0 radical (unpaired) electrons. The molecule has 6 nitrogen and oxygen atoms in total. The third-order valence-electron chi connectivity index (χ3n) is 4.84. The Morgan fingerprint density at radius 1 is 1.03 bits per heavy atom. The second-order valence-corrected chi connectivity index (χ2v) is 8.31. The van der Waals surface area contributed by atoms with Crippen molar-refractivity contribution in [3.8, 4) is 11.4 Å². The van der Waals surface area contributed by atoms with Crippen molar-refractivity contribution in [3.05, 3.63) is 101 Å². The summed E-state index contributed by atoms with van der Waals surface area (Å²) in [4.78, 5) is 12.9. The molecule has 1 amide bonds. The van der Waals surface area contributed by atoms with Crippen LogP contribution in [0.4, 0.5) is 0 Å². The summed E-state index contributed by atoms with van der Waals surface area (Å²) in [5.41, 5.74) is 2.84. The number of amides is 1. The van der Waals surface area contributed by atoms with Gasteiger partial charge < -0.3 is 10.1 Å². The topological polar surface area (TPSA) is 69.0 Å². The third-order valence-corrected chi connectivity index (χ3v) is 6.04. The van der Waals surface area contributed by atoms with Crippen LogP contribution in [0.2, 0.25) is 5.02 Å². The van der Waals surface area contributed by atoms with Gasteiger partial charge in [-0.25, -0.2) is 0 Å². The van der Waals surface area contributed by atoms with Gasteiger partial charge in [-0.3, -0.25) is 9.36 Å². The molecule has 162 valence electrons. The first-order valence-corrected chi connectivity index (χ1v) is 11.3. The number of aromatic nitrogens is 3. The number of thioether (sulfide) groups is 1. The van der Waals surface area contributed by atoms with Crippen molar-refractivity contribution in [1.29, 1.82) is 0 Å². The predicted molar refractivity (Wildman–Crippen MR) is 127 cm³/mol. The fraction of sp³-hybridized carbons (Fsp3) is 0.125. The van der Waals surface area contributed by atoms with Gasteiger partial charge in [0.2, 0.25) is 5.91 Å². The summed E-state index contributed by atoms with van der Waals surface area (Å²) in [6.45, 7) is 0. The van der Waals surface area contributed by atoms with Crippen molar-refractivity contribution in [1.82, 2.24) is 20.1 Å². The highest BCUT2D eigenvalue weighted by atomic mass is 35.5. The van der Waals surface area contributed by atoms with Crippen molar-refractivity contribution in [2.24, 2.45) is 0 Å². The van der Waals surface area contributed by atoms with E-state index in [1.807, 2.05) is 83.4 Å². The molecule has 4 aromatic rings. The van der Waals surface area contributed by atoms with Gasteiger partial charge in [-0.2, -0.15) is 0 Å². The van der Waals surface area contributed by atoms with E-state index in [0.717, 1.165) is 22.6 Å². The van der Waals surface area contributed by atoms with Crippen LogP contribution in [0.1, 0.15) is 17.2 Å². The van der Waals surface area contributed by atoms with Crippen molar-refractivity contribution < 1.29 is 9.53 Å². The summed E-state index contributed by atoms with van der Waals surface area (Å²) >= 11 is 7.37. The zero-order valence-electron chi connectivity index (χ0n) is 17.3. The maximum Gasteiger partial charge on any atom is 0.231 e. The monoisotopic (exact) mass is 464 g/mol. The Hall–Kier alpha value is -3.29. The van der Waals surface area contributed by atoms with Crippen molar-refractivity contribution in [2.45, 2.75) is 11.2 Å². The van der Waals surface area contributed by atoms with E-state index < -0.39 is 0 Å². The number of nitrogens with one attached hydrogen (secondary N) is 1. The largest absolute Gasteiger partial charge is 0.497 e. The highest BCUT2D eigenvalue weighted by Crippen LogP contribution is 2.25. The number of halogens is 1. The first kappa shape index (κ1) is 21.9. The molecule has 4 rings (SSSR count). The highest BCUT2D eigenvalue weighted by molar-refractivity contribution is 7.99. The molecule has 0 fully saturated rings. The molecule has 0 aliphatic carbocycles. The summed E-state index contributed by atoms with van der Waals surface area (Å²) in [5, 5.41) is 12.6. The Morgan fingerprint density at radius 3 is 2.41 bits per heavy atom. The predicted octanol–water partition coefficient (Wildman–Crippen LogP) is 4.93. The van der Waals surface area contributed by atoms with Crippen LogP contribution in [0.5, 0.6) is 5.75 Å². The summed E-state index contributed by atoms with van der Waals surface area (Å²) in [5.74, 6) is 0.860. The number of nitrogens with zero attached hydrogens (tertiary/aromatic N) is 3. The lowest BCUT2D eigenvalue weighted by Gasteiger charge is -2.20. The van der Waals surface area contributed by atoms with Gasteiger partial charge in [-0.05, 0) is 47.5 Å². The SMILES string of the molecule is COc1ccc(-n2cnnc2SCC(=O)NC(c2ccccc2)c2ccc(Cl)cc2)cc1. The fourth-order valence-electron chi connectivity index (χ4n) is 3.24. The quantitative estimate of drug-likeness (QED) is 0.374.